The maximum Gasteiger partial charge on any atom is 0.323 e. The predicted octanol–water partition coefficient (Wildman–Crippen LogP) is 1.25. The largest absolute Gasteiger partial charge is 0.480 e. The summed E-state index contributed by atoms with van der Waals surface area (Å²) in [5.41, 5.74) is 0. The van der Waals surface area contributed by atoms with Gasteiger partial charge in [-0.1, -0.05) is 13.8 Å². The van der Waals surface area contributed by atoms with Crippen molar-refractivity contribution >= 4 is 17.8 Å². The lowest BCUT2D eigenvalue weighted by atomic mass is 10.1. The molecule has 0 aliphatic carbocycles. The summed E-state index contributed by atoms with van der Waals surface area (Å²) in [6, 6.07) is 0.0858. The SMILES string of the molecule is CC(C)CN(CC(=O)O)C(=O)CCCC(=O)NC(C)C. The summed E-state index contributed by atoms with van der Waals surface area (Å²) in [6.07, 6.45) is 0.920. The first-order valence-electron chi connectivity index (χ1n) is 7.01. The lowest BCUT2D eigenvalue weighted by molar-refractivity contribution is -0.145. The number of aliphatic carboxylic acids is 1. The zero-order valence-corrected chi connectivity index (χ0v) is 12.8. The van der Waals surface area contributed by atoms with Crippen LogP contribution >= 0.6 is 0 Å². The van der Waals surface area contributed by atoms with E-state index in [1.807, 2.05) is 27.7 Å². The molecule has 0 aromatic heterocycles. The van der Waals surface area contributed by atoms with Crippen LogP contribution in [0.2, 0.25) is 0 Å². The molecule has 0 spiro atoms. The molecule has 0 aliphatic heterocycles. The van der Waals surface area contributed by atoms with Crippen LogP contribution in [0.15, 0.2) is 0 Å². The number of hydrogen-bond donors (Lipinski definition) is 2. The van der Waals surface area contributed by atoms with Gasteiger partial charge in [-0.3, -0.25) is 14.4 Å². The lowest BCUT2D eigenvalue weighted by Crippen LogP contribution is -2.38. The first-order valence-corrected chi connectivity index (χ1v) is 7.01. The van der Waals surface area contributed by atoms with Gasteiger partial charge in [-0.05, 0) is 26.2 Å². The topological polar surface area (TPSA) is 86.7 Å². The number of carboxylic acid groups (broad SMARTS) is 1. The Bertz CT molecular complexity index is 340. The van der Waals surface area contributed by atoms with E-state index in [4.69, 9.17) is 5.11 Å². The van der Waals surface area contributed by atoms with Crippen molar-refractivity contribution in [3.8, 4) is 0 Å². The van der Waals surface area contributed by atoms with Crippen LogP contribution in [0.4, 0.5) is 0 Å². The summed E-state index contributed by atoms with van der Waals surface area (Å²) >= 11 is 0. The zero-order chi connectivity index (χ0) is 15.7. The Morgan fingerprint density at radius 2 is 1.70 bits per heavy atom. The standard InChI is InChI=1S/C14H26N2O4/c1-10(2)8-16(9-14(19)20)13(18)7-5-6-12(17)15-11(3)4/h10-11H,5-9H2,1-4H3,(H,15,17)(H,19,20). The first-order chi connectivity index (χ1) is 9.22. The highest BCUT2D eigenvalue weighted by Crippen LogP contribution is 2.05. The molecule has 6 heteroatoms. The monoisotopic (exact) mass is 286 g/mol. The molecule has 0 radical (unpaired) electrons. The van der Waals surface area contributed by atoms with Crippen molar-refractivity contribution in [3.05, 3.63) is 0 Å². The van der Waals surface area contributed by atoms with Gasteiger partial charge in [-0.25, -0.2) is 0 Å². The molecular formula is C14H26N2O4. The molecule has 0 rings (SSSR count). The smallest absolute Gasteiger partial charge is 0.323 e. The zero-order valence-electron chi connectivity index (χ0n) is 12.8. The minimum absolute atomic E-state index is 0.0820. The van der Waals surface area contributed by atoms with Crippen molar-refractivity contribution in [2.24, 2.45) is 5.92 Å². The Morgan fingerprint density at radius 3 is 2.15 bits per heavy atom. The third-order valence-electron chi connectivity index (χ3n) is 2.51. The highest BCUT2D eigenvalue weighted by Gasteiger charge is 2.17. The third-order valence-corrected chi connectivity index (χ3v) is 2.51. The van der Waals surface area contributed by atoms with Crippen LogP contribution in [0, 0.1) is 5.92 Å². The van der Waals surface area contributed by atoms with Gasteiger partial charge < -0.3 is 15.3 Å². The number of carbonyl (C=O) groups excluding carboxylic acids is 2. The Balaban J connectivity index is 4.18. The number of carboxylic acids is 1. The average molecular weight is 286 g/mol. The summed E-state index contributed by atoms with van der Waals surface area (Å²) in [6.45, 7) is 7.75. The van der Waals surface area contributed by atoms with Crippen LogP contribution in [0.1, 0.15) is 47.0 Å². The number of nitrogens with zero attached hydrogens (tertiary/aromatic N) is 1. The van der Waals surface area contributed by atoms with E-state index < -0.39 is 5.97 Å². The Kier molecular flexibility index (Phi) is 8.59. The second kappa shape index (κ2) is 9.34. The van der Waals surface area contributed by atoms with E-state index in [0.29, 0.717) is 13.0 Å². The van der Waals surface area contributed by atoms with Gasteiger partial charge in [0.1, 0.15) is 6.54 Å². The van der Waals surface area contributed by atoms with Gasteiger partial charge in [-0.15, -0.1) is 0 Å². The van der Waals surface area contributed by atoms with Crippen molar-refractivity contribution < 1.29 is 19.5 Å². The Hall–Kier alpha value is -1.59. The molecule has 2 N–H and O–H groups in total. The van der Waals surface area contributed by atoms with E-state index in [0.717, 1.165) is 0 Å². The molecular weight excluding hydrogens is 260 g/mol. The van der Waals surface area contributed by atoms with Gasteiger partial charge in [0.2, 0.25) is 11.8 Å². The van der Waals surface area contributed by atoms with Gasteiger partial charge in [0.15, 0.2) is 0 Å². The molecule has 6 nitrogen and oxygen atoms in total. The minimum Gasteiger partial charge on any atom is -0.480 e. The molecule has 0 aromatic rings. The Labute approximate surface area is 120 Å². The number of hydrogen-bond acceptors (Lipinski definition) is 3. The number of nitrogens with one attached hydrogen (secondary N) is 1. The van der Waals surface area contributed by atoms with Crippen molar-refractivity contribution in [2.75, 3.05) is 13.1 Å². The van der Waals surface area contributed by atoms with Crippen LogP contribution in [-0.2, 0) is 14.4 Å². The van der Waals surface area contributed by atoms with E-state index in [1.165, 1.54) is 4.90 Å². The molecule has 0 aliphatic rings. The molecule has 0 aromatic carbocycles. The molecule has 116 valence electrons. The van der Waals surface area contributed by atoms with Crippen LogP contribution in [-0.4, -0.2) is 46.9 Å². The molecule has 0 unspecified atom stereocenters. The van der Waals surface area contributed by atoms with Gasteiger partial charge >= 0.3 is 5.97 Å². The highest BCUT2D eigenvalue weighted by atomic mass is 16.4. The van der Waals surface area contributed by atoms with Gasteiger partial charge in [0.25, 0.3) is 0 Å². The van der Waals surface area contributed by atoms with Gasteiger partial charge in [0.05, 0.1) is 0 Å². The third kappa shape index (κ3) is 9.35. The summed E-state index contributed by atoms with van der Waals surface area (Å²) in [5, 5.41) is 11.6. The first kappa shape index (κ1) is 18.4. The molecule has 0 saturated carbocycles. The number of carbonyl (C=O) groups is 3. The van der Waals surface area contributed by atoms with Crippen molar-refractivity contribution in [3.63, 3.8) is 0 Å². The quantitative estimate of drug-likeness (QED) is 0.668. The second-order valence-corrected chi connectivity index (χ2v) is 5.64. The molecule has 0 saturated heterocycles. The lowest BCUT2D eigenvalue weighted by Gasteiger charge is -2.22. The maximum atomic E-state index is 11.9. The molecule has 0 fully saturated rings. The number of amides is 2. The molecule has 20 heavy (non-hydrogen) atoms. The molecule has 0 atom stereocenters. The van der Waals surface area contributed by atoms with Crippen LogP contribution in [0.3, 0.4) is 0 Å². The fourth-order valence-corrected chi connectivity index (χ4v) is 1.81. The summed E-state index contributed by atoms with van der Waals surface area (Å²) in [5.74, 6) is -1.10. The predicted molar refractivity (Wildman–Crippen MR) is 76.2 cm³/mol. The number of rotatable bonds is 9. The average Bonchev–Trinajstić information content (AvgIpc) is 2.25. The van der Waals surface area contributed by atoms with Crippen molar-refractivity contribution in [2.45, 2.75) is 53.0 Å². The Morgan fingerprint density at radius 1 is 1.10 bits per heavy atom. The maximum absolute atomic E-state index is 11.9. The van der Waals surface area contributed by atoms with Crippen LogP contribution < -0.4 is 5.32 Å². The minimum atomic E-state index is -1.02. The highest BCUT2D eigenvalue weighted by molar-refractivity contribution is 5.82. The normalized spacial score (nSPS) is 10.7. The fraction of sp³-hybridized carbons (Fsp3) is 0.786. The van der Waals surface area contributed by atoms with Crippen LogP contribution in [0.5, 0.6) is 0 Å². The van der Waals surface area contributed by atoms with E-state index in [-0.39, 0.29) is 43.2 Å². The van der Waals surface area contributed by atoms with E-state index in [1.54, 1.807) is 0 Å². The van der Waals surface area contributed by atoms with Crippen LogP contribution in [0.25, 0.3) is 0 Å². The van der Waals surface area contributed by atoms with E-state index >= 15 is 0 Å². The van der Waals surface area contributed by atoms with Crippen molar-refractivity contribution in [1.82, 2.24) is 10.2 Å². The summed E-state index contributed by atoms with van der Waals surface area (Å²) < 4.78 is 0. The molecule has 0 bridgehead atoms. The fourth-order valence-electron chi connectivity index (χ4n) is 1.81. The van der Waals surface area contributed by atoms with Gasteiger partial charge in [-0.2, -0.15) is 0 Å². The summed E-state index contributed by atoms with van der Waals surface area (Å²) in [7, 11) is 0. The molecule has 0 heterocycles. The van der Waals surface area contributed by atoms with Crippen molar-refractivity contribution in [1.29, 1.82) is 0 Å². The van der Waals surface area contributed by atoms with E-state index in [2.05, 4.69) is 5.32 Å². The second-order valence-electron chi connectivity index (χ2n) is 5.64. The summed E-state index contributed by atoms with van der Waals surface area (Å²) in [4.78, 5) is 35.5. The van der Waals surface area contributed by atoms with Gasteiger partial charge in [0, 0.05) is 25.4 Å². The molecule has 2 amide bonds. The van der Waals surface area contributed by atoms with E-state index in [9.17, 15) is 14.4 Å².